The minimum Gasteiger partial charge on any atom is -0.381 e. The van der Waals surface area contributed by atoms with Gasteiger partial charge in [0.05, 0.1) is 6.67 Å². The number of unbranched alkanes of at least 4 members (excludes halogenated alkanes) is 3. The maximum absolute atomic E-state index is 11.6. The van der Waals surface area contributed by atoms with E-state index in [2.05, 4.69) is 6.92 Å². The second kappa shape index (κ2) is 9.89. The van der Waals surface area contributed by atoms with E-state index < -0.39 is 0 Å². The molecule has 68 valence electrons. The van der Waals surface area contributed by atoms with Gasteiger partial charge in [-0.15, -0.1) is 0 Å². The first-order chi connectivity index (χ1) is 5.41. The van der Waals surface area contributed by atoms with Crippen molar-refractivity contribution in [3.8, 4) is 0 Å². The van der Waals surface area contributed by atoms with Crippen LogP contribution in [0, 0.1) is 0 Å². The Bertz CT molecular complexity index is 58.6. The van der Waals surface area contributed by atoms with Gasteiger partial charge in [-0.2, -0.15) is 0 Å². The van der Waals surface area contributed by atoms with Crippen molar-refractivity contribution < 1.29 is 9.13 Å². The van der Waals surface area contributed by atoms with E-state index in [-0.39, 0.29) is 6.67 Å². The molecule has 0 rings (SSSR count). The van der Waals surface area contributed by atoms with E-state index in [1.54, 1.807) is 0 Å². The van der Waals surface area contributed by atoms with Gasteiger partial charge in [0.1, 0.15) is 0 Å². The van der Waals surface area contributed by atoms with Crippen molar-refractivity contribution in [3.05, 3.63) is 0 Å². The number of hydrogen-bond acceptors (Lipinski definition) is 1. The van der Waals surface area contributed by atoms with Crippen LogP contribution in [0.25, 0.3) is 0 Å². The van der Waals surface area contributed by atoms with Gasteiger partial charge in [-0.3, -0.25) is 4.39 Å². The van der Waals surface area contributed by atoms with Crippen molar-refractivity contribution in [3.63, 3.8) is 0 Å². The molecule has 0 heterocycles. The molecular formula is C9H19FO. The van der Waals surface area contributed by atoms with Gasteiger partial charge in [0.15, 0.2) is 0 Å². The van der Waals surface area contributed by atoms with Crippen LogP contribution in [0.5, 0.6) is 0 Å². The third-order valence-corrected chi connectivity index (χ3v) is 1.56. The summed E-state index contributed by atoms with van der Waals surface area (Å²) in [7, 11) is 0. The van der Waals surface area contributed by atoms with Gasteiger partial charge in [-0.25, -0.2) is 0 Å². The molecule has 0 fully saturated rings. The van der Waals surface area contributed by atoms with Gasteiger partial charge in [-0.05, 0) is 19.3 Å². The Kier molecular flexibility index (Phi) is 9.79. The molecule has 2 heteroatoms. The number of halogens is 1. The van der Waals surface area contributed by atoms with E-state index in [0.717, 1.165) is 26.1 Å². The van der Waals surface area contributed by atoms with Gasteiger partial charge in [0.25, 0.3) is 0 Å². The van der Waals surface area contributed by atoms with Crippen LogP contribution < -0.4 is 0 Å². The first-order valence-corrected chi connectivity index (χ1v) is 4.55. The number of rotatable bonds is 8. The molecule has 0 aliphatic carbocycles. The van der Waals surface area contributed by atoms with Crippen molar-refractivity contribution in [1.29, 1.82) is 0 Å². The van der Waals surface area contributed by atoms with Crippen LogP contribution in [-0.4, -0.2) is 19.9 Å². The molecule has 0 saturated carbocycles. The van der Waals surface area contributed by atoms with Crippen molar-refractivity contribution in [2.45, 2.75) is 39.0 Å². The Labute approximate surface area is 68.9 Å². The maximum atomic E-state index is 11.6. The lowest BCUT2D eigenvalue weighted by atomic mass is 10.3. The standard InChI is InChI=1S/C9H19FO/c1-2-3-5-8-11-9-6-4-7-10/h2-9H2,1H3. The third kappa shape index (κ3) is 9.89. The highest BCUT2D eigenvalue weighted by Crippen LogP contribution is 1.96. The molecule has 0 aromatic heterocycles. The van der Waals surface area contributed by atoms with Crippen LogP contribution in [-0.2, 0) is 4.74 Å². The van der Waals surface area contributed by atoms with Crippen LogP contribution in [0.3, 0.4) is 0 Å². The van der Waals surface area contributed by atoms with Gasteiger partial charge < -0.3 is 4.74 Å². The molecule has 0 bridgehead atoms. The Morgan fingerprint density at radius 1 is 1.00 bits per heavy atom. The predicted octanol–water partition coefficient (Wildman–Crippen LogP) is 2.94. The second-order valence-electron chi connectivity index (χ2n) is 2.72. The Hall–Kier alpha value is -0.110. The lowest BCUT2D eigenvalue weighted by Gasteiger charge is -2.01. The molecule has 0 spiro atoms. The second-order valence-corrected chi connectivity index (χ2v) is 2.72. The molecule has 1 nitrogen and oxygen atoms in total. The summed E-state index contributed by atoms with van der Waals surface area (Å²) >= 11 is 0. The largest absolute Gasteiger partial charge is 0.381 e. The normalized spacial score (nSPS) is 10.4. The highest BCUT2D eigenvalue weighted by atomic mass is 19.1. The minimum atomic E-state index is -0.210. The molecular weight excluding hydrogens is 143 g/mol. The Morgan fingerprint density at radius 3 is 2.18 bits per heavy atom. The van der Waals surface area contributed by atoms with E-state index >= 15 is 0 Å². The molecule has 0 atom stereocenters. The molecule has 0 N–H and O–H groups in total. The predicted molar refractivity (Wildman–Crippen MR) is 45.6 cm³/mol. The average Bonchev–Trinajstić information content (AvgIpc) is 2.03. The zero-order valence-electron chi connectivity index (χ0n) is 7.44. The van der Waals surface area contributed by atoms with E-state index in [1.807, 2.05) is 0 Å². The Morgan fingerprint density at radius 2 is 1.64 bits per heavy atom. The van der Waals surface area contributed by atoms with Gasteiger partial charge in [-0.1, -0.05) is 19.8 Å². The van der Waals surface area contributed by atoms with Crippen LogP contribution >= 0.6 is 0 Å². The molecule has 0 radical (unpaired) electrons. The molecule has 11 heavy (non-hydrogen) atoms. The summed E-state index contributed by atoms with van der Waals surface area (Å²) in [4.78, 5) is 0. The lowest BCUT2D eigenvalue weighted by molar-refractivity contribution is 0.125. The van der Waals surface area contributed by atoms with E-state index in [4.69, 9.17) is 4.74 Å². The summed E-state index contributed by atoms with van der Waals surface area (Å²) in [5.41, 5.74) is 0. The average molecular weight is 162 g/mol. The zero-order chi connectivity index (χ0) is 8.36. The van der Waals surface area contributed by atoms with Crippen LogP contribution in [0.1, 0.15) is 39.0 Å². The topological polar surface area (TPSA) is 9.23 Å². The lowest BCUT2D eigenvalue weighted by Crippen LogP contribution is -1.97. The summed E-state index contributed by atoms with van der Waals surface area (Å²) in [6, 6.07) is 0. The molecule has 0 unspecified atom stereocenters. The van der Waals surface area contributed by atoms with Crippen molar-refractivity contribution in [2.75, 3.05) is 19.9 Å². The van der Waals surface area contributed by atoms with E-state index in [0.29, 0.717) is 6.42 Å². The molecule has 0 aliphatic rings. The summed E-state index contributed by atoms with van der Waals surface area (Å²) in [6.07, 6.45) is 5.12. The molecule has 0 aromatic carbocycles. The first-order valence-electron chi connectivity index (χ1n) is 4.55. The molecule has 0 amide bonds. The number of alkyl halides is 1. The minimum absolute atomic E-state index is 0.210. The summed E-state index contributed by atoms with van der Waals surface area (Å²) in [5.74, 6) is 0. The van der Waals surface area contributed by atoms with Crippen LogP contribution in [0.2, 0.25) is 0 Å². The van der Waals surface area contributed by atoms with Crippen molar-refractivity contribution in [1.82, 2.24) is 0 Å². The van der Waals surface area contributed by atoms with Gasteiger partial charge in [0, 0.05) is 13.2 Å². The summed E-state index contributed by atoms with van der Waals surface area (Å²) in [6.45, 7) is 3.54. The maximum Gasteiger partial charge on any atom is 0.0895 e. The fourth-order valence-electron chi connectivity index (χ4n) is 0.855. The molecule has 0 aliphatic heterocycles. The quantitative estimate of drug-likeness (QED) is 0.499. The van der Waals surface area contributed by atoms with Crippen molar-refractivity contribution in [2.24, 2.45) is 0 Å². The van der Waals surface area contributed by atoms with E-state index in [9.17, 15) is 4.39 Å². The van der Waals surface area contributed by atoms with Crippen LogP contribution in [0.15, 0.2) is 0 Å². The highest BCUT2D eigenvalue weighted by Gasteiger charge is 1.88. The summed E-state index contributed by atoms with van der Waals surface area (Å²) < 4.78 is 16.8. The Balaban J connectivity index is 2.69. The third-order valence-electron chi connectivity index (χ3n) is 1.56. The highest BCUT2D eigenvalue weighted by molar-refractivity contribution is 4.38. The number of hydrogen-bond donors (Lipinski definition) is 0. The zero-order valence-corrected chi connectivity index (χ0v) is 7.44. The van der Waals surface area contributed by atoms with Crippen LogP contribution in [0.4, 0.5) is 4.39 Å². The number of ether oxygens (including phenoxy) is 1. The van der Waals surface area contributed by atoms with Gasteiger partial charge >= 0.3 is 0 Å². The fraction of sp³-hybridized carbons (Fsp3) is 1.00. The van der Waals surface area contributed by atoms with Crippen molar-refractivity contribution >= 4 is 0 Å². The van der Waals surface area contributed by atoms with E-state index in [1.165, 1.54) is 12.8 Å². The smallest absolute Gasteiger partial charge is 0.0895 e. The fourth-order valence-corrected chi connectivity index (χ4v) is 0.855. The summed E-state index contributed by atoms with van der Waals surface area (Å²) in [5, 5.41) is 0. The molecule has 0 aromatic rings. The SMILES string of the molecule is CCCCCOCCCCF. The van der Waals surface area contributed by atoms with Gasteiger partial charge in [0.2, 0.25) is 0 Å². The molecule has 0 saturated heterocycles. The monoisotopic (exact) mass is 162 g/mol. The first kappa shape index (κ1) is 10.9.